The normalized spacial score (nSPS) is 10.2. The molecule has 0 fully saturated rings. The summed E-state index contributed by atoms with van der Waals surface area (Å²) in [6.45, 7) is -4.10. The van der Waals surface area contributed by atoms with Gasteiger partial charge in [-0.3, -0.25) is 25.2 Å². The van der Waals surface area contributed by atoms with Crippen LogP contribution in [-0.2, 0) is 9.59 Å². The summed E-state index contributed by atoms with van der Waals surface area (Å²) in [5.41, 5.74) is 3.91. The average molecular weight is 411 g/mol. The van der Waals surface area contributed by atoms with Gasteiger partial charge in [-0.1, -0.05) is 12.1 Å². The third-order valence-corrected chi connectivity index (χ3v) is 3.28. The van der Waals surface area contributed by atoms with Gasteiger partial charge in [0.2, 0.25) is 0 Å². The van der Waals surface area contributed by atoms with Crippen molar-refractivity contribution in [2.45, 2.75) is 6.61 Å². The Morgan fingerprint density at radius 3 is 2.28 bits per heavy atom. The Hall–Kier alpha value is -3.76. The first kappa shape index (κ1) is 21.5. The first-order valence-corrected chi connectivity index (χ1v) is 8.13. The fourth-order valence-corrected chi connectivity index (χ4v) is 2.01. The van der Waals surface area contributed by atoms with Crippen molar-refractivity contribution in [3.8, 4) is 11.5 Å². The number of carbonyl (C=O) groups excluding carboxylic acids is 3. The number of hydrogen-bond acceptors (Lipinski definition) is 5. The van der Waals surface area contributed by atoms with Gasteiger partial charge in [-0.15, -0.1) is 0 Å². The number of alkyl halides is 2. The van der Waals surface area contributed by atoms with Gasteiger partial charge >= 0.3 is 6.61 Å². The summed E-state index contributed by atoms with van der Waals surface area (Å²) in [4.78, 5) is 35.3. The molecule has 0 saturated carbocycles. The first-order chi connectivity index (χ1) is 13.8. The predicted octanol–water partition coefficient (Wildman–Crippen LogP) is 1.38. The van der Waals surface area contributed by atoms with E-state index >= 15 is 0 Å². The molecule has 2 aromatic rings. The maximum Gasteiger partial charge on any atom is 0.387 e. The maximum absolute atomic E-state index is 12.8. The zero-order valence-electron chi connectivity index (χ0n) is 14.8. The second-order valence-electron chi connectivity index (χ2n) is 5.40. The molecule has 11 heteroatoms. The van der Waals surface area contributed by atoms with Crippen molar-refractivity contribution in [2.24, 2.45) is 0 Å². The van der Waals surface area contributed by atoms with Crippen LogP contribution in [0.15, 0.2) is 48.5 Å². The number of ether oxygens (including phenoxy) is 2. The van der Waals surface area contributed by atoms with Gasteiger partial charge in [0.1, 0.15) is 17.3 Å². The standard InChI is InChI=1S/C18H16F3N3O5/c19-11-5-7-12(8-6-11)28-10-16(26)24-23-15(25)9-22-17(27)13-3-1-2-4-14(13)29-18(20)21/h1-8,18H,9-10H2,(H,22,27)(H,23,25)(H,24,26). The number of amides is 3. The van der Waals surface area contributed by atoms with Crippen molar-refractivity contribution < 1.29 is 37.0 Å². The largest absolute Gasteiger partial charge is 0.484 e. The topological polar surface area (TPSA) is 106 Å². The van der Waals surface area contributed by atoms with Crippen LogP contribution in [0.3, 0.4) is 0 Å². The zero-order valence-corrected chi connectivity index (χ0v) is 14.8. The van der Waals surface area contributed by atoms with Crippen LogP contribution in [0.5, 0.6) is 11.5 Å². The summed E-state index contributed by atoms with van der Waals surface area (Å²) in [6.07, 6.45) is 0. The lowest BCUT2D eigenvalue weighted by atomic mass is 10.2. The number of nitrogens with one attached hydrogen (secondary N) is 3. The lowest BCUT2D eigenvalue weighted by Crippen LogP contribution is -2.47. The molecule has 154 valence electrons. The van der Waals surface area contributed by atoms with Crippen molar-refractivity contribution in [1.82, 2.24) is 16.2 Å². The van der Waals surface area contributed by atoms with Gasteiger partial charge < -0.3 is 14.8 Å². The zero-order chi connectivity index (χ0) is 21.2. The Morgan fingerprint density at radius 1 is 0.931 bits per heavy atom. The quantitative estimate of drug-likeness (QED) is 0.570. The summed E-state index contributed by atoms with van der Waals surface area (Å²) >= 11 is 0. The fraction of sp³-hybridized carbons (Fsp3) is 0.167. The van der Waals surface area contributed by atoms with E-state index in [1.54, 1.807) is 0 Å². The van der Waals surface area contributed by atoms with E-state index in [0.717, 1.165) is 12.1 Å². The van der Waals surface area contributed by atoms with E-state index in [-0.39, 0.29) is 17.1 Å². The molecule has 3 amide bonds. The summed E-state index contributed by atoms with van der Waals surface area (Å²) < 4.78 is 46.8. The minimum Gasteiger partial charge on any atom is -0.484 e. The van der Waals surface area contributed by atoms with Gasteiger partial charge in [0, 0.05) is 0 Å². The molecule has 0 heterocycles. The molecule has 2 aromatic carbocycles. The molecular weight excluding hydrogens is 395 g/mol. The Morgan fingerprint density at radius 2 is 1.59 bits per heavy atom. The molecule has 0 aliphatic heterocycles. The van der Waals surface area contributed by atoms with Crippen molar-refractivity contribution >= 4 is 17.7 Å². The van der Waals surface area contributed by atoms with Crippen molar-refractivity contribution in [3.05, 3.63) is 59.9 Å². The van der Waals surface area contributed by atoms with E-state index in [2.05, 4.69) is 15.5 Å². The molecule has 0 aromatic heterocycles. The van der Waals surface area contributed by atoms with Crippen LogP contribution in [0, 0.1) is 5.82 Å². The molecule has 2 rings (SSSR count). The highest BCUT2D eigenvalue weighted by atomic mass is 19.3. The van der Waals surface area contributed by atoms with Crippen LogP contribution in [-0.4, -0.2) is 37.5 Å². The van der Waals surface area contributed by atoms with Gasteiger partial charge in [-0.2, -0.15) is 8.78 Å². The lowest BCUT2D eigenvalue weighted by Gasteiger charge is -2.11. The minimum atomic E-state index is -3.11. The SMILES string of the molecule is O=C(CNC(=O)c1ccccc1OC(F)F)NNC(=O)COc1ccc(F)cc1. The van der Waals surface area contributed by atoms with Crippen LogP contribution >= 0.6 is 0 Å². The third kappa shape index (κ3) is 7.40. The smallest absolute Gasteiger partial charge is 0.387 e. The van der Waals surface area contributed by atoms with Gasteiger partial charge in [-0.25, -0.2) is 4.39 Å². The van der Waals surface area contributed by atoms with Gasteiger partial charge in [0.15, 0.2) is 6.61 Å². The number of carbonyl (C=O) groups is 3. The number of hydrogen-bond donors (Lipinski definition) is 3. The number of para-hydroxylation sites is 1. The molecule has 0 aliphatic rings. The highest BCUT2D eigenvalue weighted by Gasteiger charge is 2.16. The van der Waals surface area contributed by atoms with Crippen molar-refractivity contribution in [1.29, 1.82) is 0 Å². The molecule has 8 nitrogen and oxygen atoms in total. The molecular formula is C18H16F3N3O5. The highest BCUT2D eigenvalue weighted by Crippen LogP contribution is 2.19. The Kier molecular flexibility index (Phi) is 7.83. The van der Waals surface area contributed by atoms with Crippen molar-refractivity contribution in [3.63, 3.8) is 0 Å². The van der Waals surface area contributed by atoms with E-state index in [9.17, 15) is 27.6 Å². The predicted molar refractivity (Wildman–Crippen MR) is 93.6 cm³/mol. The molecule has 0 unspecified atom stereocenters. The van der Waals surface area contributed by atoms with Crippen LogP contribution in [0.25, 0.3) is 0 Å². The summed E-state index contributed by atoms with van der Waals surface area (Å²) in [7, 11) is 0. The monoisotopic (exact) mass is 411 g/mol. The lowest BCUT2D eigenvalue weighted by molar-refractivity contribution is -0.129. The van der Waals surface area contributed by atoms with Crippen molar-refractivity contribution in [2.75, 3.05) is 13.2 Å². The fourth-order valence-electron chi connectivity index (χ4n) is 2.01. The van der Waals surface area contributed by atoms with E-state index in [1.165, 1.54) is 36.4 Å². The van der Waals surface area contributed by atoms with Crippen LogP contribution in [0.2, 0.25) is 0 Å². The van der Waals surface area contributed by atoms with Crippen LogP contribution < -0.4 is 25.6 Å². The van der Waals surface area contributed by atoms with E-state index in [1.807, 2.05) is 5.43 Å². The number of halogens is 3. The van der Waals surface area contributed by atoms with Crippen LogP contribution in [0.4, 0.5) is 13.2 Å². The van der Waals surface area contributed by atoms with Crippen LogP contribution in [0.1, 0.15) is 10.4 Å². The van der Waals surface area contributed by atoms with E-state index in [4.69, 9.17) is 4.74 Å². The summed E-state index contributed by atoms with van der Waals surface area (Å²) in [5.74, 6) is -2.84. The Bertz CT molecular complexity index is 862. The first-order valence-electron chi connectivity index (χ1n) is 8.13. The molecule has 0 aliphatic carbocycles. The minimum absolute atomic E-state index is 0.183. The second kappa shape index (κ2) is 10.5. The van der Waals surface area contributed by atoms with E-state index < -0.39 is 43.3 Å². The molecule has 29 heavy (non-hydrogen) atoms. The number of hydrazine groups is 1. The molecule has 0 bridgehead atoms. The van der Waals surface area contributed by atoms with Gasteiger partial charge in [0.25, 0.3) is 17.7 Å². The number of benzene rings is 2. The number of rotatable bonds is 8. The highest BCUT2D eigenvalue weighted by molar-refractivity contribution is 5.98. The molecule has 0 atom stereocenters. The molecule has 0 saturated heterocycles. The second-order valence-corrected chi connectivity index (χ2v) is 5.40. The molecule has 0 radical (unpaired) electrons. The van der Waals surface area contributed by atoms with Gasteiger partial charge in [-0.05, 0) is 36.4 Å². The third-order valence-electron chi connectivity index (χ3n) is 3.28. The Balaban J connectivity index is 1.73. The van der Waals surface area contributed by atoms with Gasteiger partial charge in [0.05, 0.1) is 12.1 Å². The summed E-state index contributed by atoms with van der Waals surface area (Å²) in [5, 5.41) is 2.21. The average Bonchev–Trinajstić information content (AvgIpc) is 2.70. The Labute approximate surface area is 163 Å². The van der Waals surface area contributed by atoms with E-state index in [0.29, 0.717) is 0 Å². The molecule has 3 N–H and O–H groups in total. The summed E-state index contributed by atoms with van der Waals surface area (Å²) in [6, 6.07) is 10.2. The maximum atomic E-state index is 12.8. The molecule has 0 spiro atoms.